The minimum Gasteiger partial charge on any atom is -0.308 e. The molecule has 0 radical (unpaired) electrons. The third kappa shape index (κ3) is 2.94. The SMILES string of the molecule is Cc1nc2n(n1)C[C@@H](NCc1cn(C)nc1-c1cccnc1)CC2. The maximum Gasteiger partial charge on any atom is 0.147 e. The van der Waals surface area contributed by atoms with Crippen molar-refractivity contribution in [1.82, 2.24) is 34.8 Å². The van der Waals surface area contributed by atoms with E-state index in [2.05, 4.69) is 31.7 Å². The first-order valence-electron chi connectivity index (χ1n) is 8.25. The Morgan fingerprint density at radius 1 is 1.33 bits per heavy atom. The van der Waals surface area contributed by atoms with Crippen LogP contribution in [0.3, 0.4) is 0 Å². The number of nitrogens with zero attached hydrogens (tertiary/aromatic N) is 6. The molecule has 7 nitrogen and oxygen atoms in total. The Labute approximate surface area is 140 Å². The highest BCUT2D eigenvalue weighted by Gasteiger charge is 2.21. The van der Waals surface area contributed by atoms with E-state index in [0.717, 1.165) is 48.8 Å². The van der Waals surface area contributed by atoms with Gasteiger partial charge in [0.25, 0.3) is 0 Å². The second-order valence-corrected chi connectivity index (χ2v) is 6.29. The second kappa shape index (κ2) is 6.16. The van der Waals surface area contributed by atoms with E-state index < -0.39 is 0 Å². The number of nitrogens with one attached hydrogen (secondary N) is 1. The molecule has 124 valence electrons. The summed E-state index contributed by atoms with van der Waals surface area (Å²) < 4.78 is 3.89. The van der Waals surface area contributed by atoms with Crippen molar-refractivity contribution in [3.63, 3.8) is 0 Å². The monoisotopic (exact) mass is 323 g/mol. The summed E-state index contributed by atoms with van der Waals surface area (Å²) in [7, 11) is 1.95. The fourth-order valence-corrected chi connectivity index (χ4v) is 3.27. The number of aryl methyl sites for hydroxylation is 3. The lowest BCUT2D eigenvalue weighted by molar-refractivity contribution is 0.358. The van der Waals surface area contributed by atoms with Gasteiger partial charge in [-0.2, -0.15) is 10.2 Å². The highest BCUT2D eigenvalue weighted by Crippen LogP contribution is 2.21. The summed E-state index contributed by atoms with van der Waals surface area (Å²) in [5.41, 5.74) is 3.23. The quantitative estimate of drug-likeness (QED) is 0.787. The van der Waals surface area contributed by atoms with Gasteiger partial charge in [0.1, 0.15) is 11.6 Å². The highest BCUT2D eigenvalue weighted by molar-refractivity contribution is 5.61. The van der Waals surface area contributed by atoms with E-state index in [4.69, 9.17) is 0 Å². The zero-order valence-electron chi connectivity index (χ0n) is 14.0. The lowest BCUT2D eigenvalue weighted by Gasteiger charge is -2.23. The van der Waals surface area contributed by atoms with Gasteiger partial charge in [0.15, 0.2) is 0 Å². The van der Waals surface area contributed by atoms with Gasteiger partial charge in [-0.25, -0.2) is 9.67 Å². The zero-order valence-corrected chi connectivity index (χ0v) is 14.0. The molecule has 3 aromatic heterocycles. The Hall–Kier alpha value is -2.54. The van der Waals surface area contributed by atoms with Gasteiger partial charge in [-0.15, -0.1) is 0 Å². The first-order chi connectivity index (χ1) is 11.7. The van der Waals surface area contributed by atoms with E-state index in [1.54, 1.807) is 6.20 Å². The van der Waals surface area contributed by atoms with Crippen molar-refractivity contribution in [2.24, 2.45) is 7.05 Å². The molecule has 4 rings (SSSR count). The average molecular weight is 323 g/mol. The van der Waals surface area contributed by atoms with Crippen molar-refractivity contribution >= 4 is 0 Å². The molecule has 1 aliphatic rings. The van der Waals surface area contributed by atoms with E-state index in [1.807, 2.05) is 41.7 Å². The Morgan fingerprint density at radius 2 is 2.25 bits per heavy atom. The summed E-state index contributed by atoms with van der Waals surface area (Å²) in [5.74, 6) is 1.96. The average Bonchev–Trinajstić information content (AvgIpc) is 3.14. The van der Waals surface area contributed by atoms with Gasteiger partial charge in [-0.1, -0.05) is 0 Å². The molecule has 0 saturated heterocycles. The van der Waals surface area contributed by atoms with Crippen LogP contribution < -0.4 is 5.32 Å². The molecular weight excluding hydrogens is 302 g/mol. The van der Waals surface area contributed by atoms with Crippen molar-refractivity contribution < 1.29 is 0 Å². The number of rotatable bonds is 4. The Morgan fingerprint density at radius 3 is 3.08 bits per heavy atom. The molecule has 0 saturated carbocycles. The van der Waals surface area contributed by atoms with E-state index in [0.29, 0.717) is 6.04 Å². The number of hydrogen-bond acceptors (Lipinski definition) is 5. The van der Waals surface area contributed by atoms with Gasteiger partial charge in [-0.05, 0) is 25.5 Å². The van der Waals surface area contributed by atoms with Gasteiger partial charge in [-0.3, -0.25) is 9.67 Å². The topological polar surface area (TPSA) is 73.5 Å². The van der Waals surface area contributed by atoms with Crippen LogP contribution >= 0.6 is 0 Å². The van der Waals surface area contributed by atoms with Gasteiger partial charge < -0.3 is 5.32 Å². The van der Waals surface area contributed by atoms with Crippen LogP contribution in [-0.2, 0) is 26.6 Å². The van der Waals surface area contributed by atoms with Crippen LogP contribution in [0.2, 0.25) is 0 Å². The van der Waals surface area contributed by atoms with E-state index >= 15 is 0 Å². The standard InChI is InChI=1S/C17H21N7/c1-12-20-16-6-5-15(11-24(16)21-12)19-9-14-10-23(2)22-17(14)13-4-3-7-18-8-13/h3-4,7-8,10,15,19H,5-6,9,11H2,1-2H3/t15-/m0/s1. The number of pyridine rings is 1. The van der Waals surface area contributed by atoms with Crippen LogP contribution in [0.25, 0.3) is 11.3 Å². The molecule has 4 heterocycles. The van der Waals surface area contributed by atoms with Crippen LogP contribution in [-0.4, -0.2) is 35.6 Å². The molecule has 24 heavy (non-hydrogen) atoms. The molecule has 0 bridgehead atoms. The first-order valence-corrected chi connectivity index (χ1v) is 8.25. The van der Waals surface area contributed by atoms with Gasteiger partial charge in [0.05, 0.1) is 12.2 Å². The lowest BCUT2D eigenvalue weighted by atomic mass is 10.1. The minimum atomic E-state index is 0.403. The second-order valence-electron chi connectivity index (χ2n) is 6.29. The summed E-state index contributed by atoms with van der Waals surface area (Å²) in [6, 6.07) is 4.39. The number of hydrogen-bond donors (Lipinski definition) is 1. The molecule has 1 atom stereocenters. The number of fused-ring (bicyclic) bond motifs is 1. The zero-order chi connectivity index (χ0) is 16.5. The van der Waals surface area contributed by atoms with Crippen molar-refractivity contribution in [2.45, 2.75) is 38.9 Å². The molecule has 0 fully saturated rings. The highest BCUT2D eigenvalue weighted by atomic mass is 15.4. The van der Waals surface area contributed by atoms with Gasteiger partial charge >= 0.3 is 0 Å². The van der Waals surface area contributed by atoms with E-state index in [9.17, 15) is 0 Å². The largest absolute Gasteiger partial charge is 0.308 e. The van der Waals surface area contributed by atoms with Gasteiger partial charge in [0, 0.05) is 55.8 Å². The number of aromatic nitrogens is 6. The minimum absolute atomic E-state index is 0.403. The van der Waals surface area contributed by atoms with Crippen molar-refractivity contribution in [3.8, 4) is 11.3 Å². The molecule has 0 amide bonds. The third-order valence-electron chi connectivity index (χ3n) is 4.38. The maximum absolute atomic E-state index is 4.59. The van der Waals surface area contributed by atoms with Crippen LogP contribution in [0.5, 0.6) is 0 Å². The predicted molar refractivity (Wildman–Crippen MR) is 90.1 cm³/mol. The molecule has 0 aliphatic carbocycles. The Kier molecular flexibility index (Phi) is 3.86. The van der Waals surface area contributed by atoms with Crippen LogP contribution in [0.15, 0.2) is 30.7 Å². The predicted octanol–water partition coefficient (Wildman–Crippen LogP) is 1.49. The summed E-state index contributed by atoms with van der Waals surface area (Å²) in [6.07, 6.45) is 7.77. The molecular formula is C17H21N7. The molecule has 0 spiro atoms. The summed E-state index contributed by atoms with van der Waals surface area (Å²) >= 11 is 0. The molecule has 7 heteroatoms. The fourth-order valence-electron chi connectivity index (χ4n) is 3.27. The van der Waals surface area contributed by atoms with Crippen LogP contribution in [0.1, 0.15) is 23.6 Å². The van der Waals surface area contributed by atoms with Crippen molar-refractivity contribution in [3.05, 3.63) is 47.9 Å². The van der Waals surface area contributed by atoms with Crippen molar-refractivity contribution in [2.75, 3.05) is 0 Å². The van der Waals surface area contributed by atoms with Gasteiger partial charge in [0.2, 0.25) is 0 Å². The molecule has 3 aromatic rings. The summed E-state index contributed by atoms with van der Waals surface area (Å²) in [4.78, 5) is 8.67. The third-order valence-corrected chi connectivity index (χ3v) is 4.38. The van der Waals surface area contributed by atoms with E-state index in [-0.39, 0.29) is 0 Å². The Balaban J connectivity index is 1.47. The maximum atomic E-state index is 4.59. The lowest BCUT2D eigenvalue weighted by Crippen LogP contribution is -2.37. The summed E-state index contributed by atoms with van der Waals surface area (Å²) in [5, 5.41) is 12.7. The van der Waals surface area contributed by atoms with Crippen molar-refractivity contribution in [1.29, 1.82) is 0 Å². The fraction of sp³-hybridized carbons (Fsp3) is 0.412. The van der Waals surface area contributed by atoms with E-state index in [1.165, 1.54) is 5.56 Å². The van der Waals surface area contributed by atoms with Crippen LogP contribution in [0, 0.1) is 6.92 Å². The smallest absolute Gasteiger partial charge is 0.147 e. The van der Waals surface area contributed by atoms with Crippen LogP contribution in [0.4, 0.5) is 0 Å². The molecule has 0 aromatic carbocycles. The molecule has 1 aliphatic heterocycles. The normalized spacial score (nSPS) is 17.0. The Bertz CT molecular complexity index is 834. The summed E-state index contributed by atoms with van der Waals surface area (Å²) in [6.45, 7) is 3.61. The molecule has 0 unspecified atom stereocenters. The first kappa shape index (κ1) is 15.0. The molecule has 1 N–H and O–H groups in total.